The first-order chi connectivity index (χ1) is 12.3. The van der Waals surface area contributed by atoms with Crippen molar-refractivity contribution in [2.24, 2.45) is 11.7 Å². The molecule has 0 spiro atoms. The molecule has 4 rings (SSSR count). The van der Waals surface area contributed by atoms with Crippen LogP contribution < -0.4 is 11.5 Å². The largest absolute Gasteiger partial charge is 0.388 e. The van der Waals surface area contributed by atoms with Gasteiger partial charge in [0.05, 0.1) is 17.5 Å². The van der Waals surface area contributed by atoms with Crippen LogP contribution in [-0.4, -0.2) is 31.7 Å². The number of carbonyl (C=O) groups is 1. The number of rotatable bonds is 3. The van der Waals surface area contributed by atoms with Crippen LogP contribution in [0.5, 0.6) is 0 Å². The number of nitrogens with zero attached hydrogens (tertiary/aromatic N) is 3. The first-order valence-corrected chi connectivity index (χ1v) is 8.86. The zero-order valence-corrected chi connectivity index (χ0v) is 15.2. The number of allylic oxidation sites excluding steroid dienone is 2. The highest BCUT2D eigenvalue weighted by Gasteiger charge is 2.33. The number of hydrogen-bond acceptors (Lipinski definition) is 5. The minimum atomic E-state index is -0.637. The van der Waals surface area contributed by atoms with Gasteiger partial charge in [-0.25, -0.2) is 9.97 Å². The molecule has 2 aromatic heterocycles. The smallest absolute Gasteiger partial charge is 0.254 e. The highest BCUT2D eigenvalue weighted by molar-refractivity contribution is 6.10. The molecule has 5 N–H and O–H groups in total. The molecule has 2 aromatic rings. The van der Waals surface area contributed by atoms with Crippen LogP contribution in [0.4, 0.5) is 5.82 Å². The summed E-state index contributed by atoms with van der Waals surface area (Å²) in [4.78, 5) is 21.6. The Balaban J connectivity index is 2.07. The van der Waals surface area contributed by atoms with E-state index >= 15 is 0 Å². The highest BCUT2D eigenvalue weighted by atomic mass is 16.3. The molecule has 0 unspecified atom stereocenters. The zero-order chi connectivity index (χ0) is 18.7. The number of anilines is 1. The first-order valence-electron chi connectivity index (χ1n) is 8.86. The number of nitrogens with two attached hydrogens (primary N) is 2. The Hall–Kier alpha value is -2.67. The number of carbonyl (C=O) groups excluding carboxylic acids is 1. The van der Waals surface area contributed by atoms with E-state index in [4.69, 9.17) is 21.4 Å². The van der Waals surface area contributed by atoms with E-state index in [0.29, 0.717) is 17.1 Å². The van der Waals surface area contributed by atoms with Crippen molar-refractivity contribution < 1.29 is 9.90 Å². The lowest BCUT2D eigenvalue weighted by Gasteiger charge is -2.27. The van der Waals surface area contributed by atoms with E-state index in [0.717, 1.165) is 35.5 Å². The van der Waals surface area contributed by atoms with Crippen molar-refractivity contribution in [2.75, 3.05) is 5.73 Å². The molecule has 0 radical (unpaired) electrons. The van der Waals surface area contributed by atoms with E-state index < -0.39 is 12.0 Å². The van der Waals surface area contributed by atoms with Crippen LogP contribution in [0, 0.1) is 12.8 Å². The maximum absolute atomic E-state index is 12.1. The molecule has 2 heterocycles. The third kappa shape index (κ3) is 2.34. The van der Waals surface area contributed by atoms with Crippen molar-refractivity contribution in [3.8, 4) is 0 Å². The van der Waals surface area contributed by atoms with Crippen molar-refractivity contribution >= 4 is 28.6 Å². The van der Waals surface area contributed by atoms with Gasteiger partial charge in [0, 0.05) is 17.5 Å². The fourth-order valence-electron chi connectivity index (χ4n) is 3.82. The SMILES string of the molecule is CC1=C(n2c(N)c(C(N)=O)c3nc(C4CC4)c(C)nc32)[C@@H](C)[C@H](O)C=C1. The Kier molecular flexibility index (Phi) is 3.66. The van der Waals surface area contributed by atoms with Crippen LogP contribution in [0.2, 0.25) is 0 Å². The van der Waals surface area contributed by atoms with Gasteiger partial charge in [-0.2, -0.15) is 0 Å². The molecule has 0 saturated heterocycles. The van der Waals surface area contributed by atoms with Gasteiger partial charge in [-0.1, -0.05) is 19.1 Å². The summed E-state index contributed by atoms with van der Waals surface area (Å²) in [5, 5.41) is 10.3. The Bertz CT molecular complexity index is 997. The van der Waals surface area contributed by atoms with E-state index in [9.17, 15) is 9.90 Å². The lowest BCUT2D eigenvalue weighted by Crippen LogP contribution is -2.24. The monoisotopic (exact) mass is 353 g/mol. The third-order valence-corrected chi connectivity index (χ3v) is 5.38. The maximum atomic E-state index is 12.1. The average Bonchev–Trinajstić information content (AvgIpc) is 3.37. The van der Waals surface area contributed by atoms with Gasteiger partial charge in [0.1, 0.15) is 16.9 Å². The van der Waals surface area contributed by atoms with E-state index in [1.54, 1.807) is 10.6 Å². The summed E-state index contributed by atoms with van der Waals surface area (Å²) in [5.74, 6) is -0.201. The molecule has 1 amide bonds. The normalized spacial score (nSPS) is 23.1. The molecule has 0 aromatic carbocycles. The van der Waals surface area contributed by atoms with Gasteiger partial charge in [-0.15, -0.1) is 0 Å². The van der Waals surface area contributed by atoms with Gasteiger partial charge in [0.2, 0.25) is 0 Å². The first kappa shape index (κ1) is 16.8. The molecule has 1 saturated carbocycles. The van der Waals surface area contributed by atoms with Crippen molar-refractivity contribution in [3.05, 3.63) is 34.7 Å². The predicted octanol–water partition coefficient (Wildman–Crippen LogP) is 2.10. The van der Waals surface area contributed by atoms with Crippen molar-refractivity contribution in [1.82, 2.24) is 14.5 Å². The van der Waals surface area contributed by atoms with Gasteiger partial charge in [0.15, 0.2) is 5.65 Å². The summed E-state index contributed by atoms with van der Waals surface area (Å²) >= 11 is 0. The van der Waals surface area contributed by atoms with Gasteiger partial charge >= 0.3 is 0 Å². The van der Waals surface area contributed by atoms with Gasteiger partial charge in [-0.3, -0.25) is 9.36 Å². The van der Waals surface area contributed by atoms with Crippen LogP contribution in [0.3, 0.4) is 0 Å². The molecular weight excluding hydrogens is 330 g/mol. The van der Waals surface area contributed by atoms with Crippen molar-refractivity contribution in [2.45, 2.75) is 45.6 Å². The molecule has 2 atom stereocenters. The fraction of sp³-hybridized carbons (Fsp3) is 0.421. The van der Waals surface area contributed by atoms with Crippen LogP contribution in [0.1, 0.15) is 54.4 Å². The lowest BCUT2D eigenvalue weighted by atomic mass is 9.91. The number of aliphatic hydroxyl groups is 1. The molecular formula is C19H23N5O2. The van der Waals surface area contributed by atoms with Crippen molar-refractivity contribution in [3.63, 3.8) is 0 Å². The Morgan fingerprint density at radius 3 is 2.62 bits per heavy atom. The van der Waals surface area contributed by atoms with Gasteiger partial charge in [-0.05, 0) is 32.3 Å². The molecule has 7 heteroatoms. The molecule has 7 nitrogen and oxygen atoms in total. The Morgan fingerprint density at radius 2 is 2.00 bits per heavy atom. The third-order valence-electron chi connectivity index (χ3n) is 5.38. The lowest BCUT2D eigenvalue weighted by molar-refractivity contribution is 0.100. The molecule has 0 bridgehead atoms. The minimum Gasteiger partial charge on any atom is -0.388 e. The van der Waals surface area contributed by atoms with E-state index in [-0.39, 0.29) is 17.3 Å². The molecule has 0 aliphatic heterocycles. The summed E-state index contributed by atoms with van der Waals surface area (Å²) in [7, 11) is 0. The topological polar surface area (TPSA) is 120 Å². The molecule has 136 valence electrons. The number of primary amides is 1. The summed E-state index contributed by atoms with van der Waals surface area (Å²) < 4.78 is 1.73. The molecule has 1 fully saturated rings. The Labute approximate surface area is 151 Å². The number of amides is 1. The number of aryl methyl sites for hydroxylation is 1. The van der Waals surface area contributed by atoms with E-state index in [1.165, 1.54) is 0 Å². The highest BCUT2D eigenvalue weighted by Crippen LogP contribution is 2.42. The summed E-state index contributed by atoms with van der Waals surface area (Å²) in [6.07, 6.45) is 5.14. The average molecular weight is 353 g/mol. The quantitative estimate of drug-likeness (QED) is 0.780. The minimum absolute atomic E-state index is 0.200. The van der Waals surface area contributed by atoms with Crippen molar-refractivity contribution in [1.29, 1.82) is 0 Å². The van der Waals surface area contributed by atoms with Gasteiger partial charge < -0.3 is 16.6 Å². The molecule has 2 aliphatic carbocycles. The van der Waals surface area contributed by atoms with E-state index in [2.05, 4.69) is 0 Å². The number of nitrogen functional groups attached to an aromatic ring is 1. The maximum Gasteiger partial charge on any atom is 0.254 e. The number of aromatic nitrogens is 3. The second kappa shape index (κ2) is 5.67. The second-order valence-electron chi connectivity index (χ2n) is 7.31. The predicted molar refractivity (Wildman–Crippen MR) is 100 cm³/mol. The van der Waals surface area contributed by atoms with E-state index in [1.807, 2.05) is 26.8 Å². The number of hydrogen-bond donors (Lipinski definition) is 3. The zero-order valence-electron chi connectivity index (χ0n) is 15.2. The molecule has 2 aliphatic rings. The standard InChI is InChI=1S/C19H23N5O2/c1-8-4-7-12(25)9(2)16(8)24-17(20)13(18(21)26)15-19(24)22-10(3)14(23-15)11-5-6-11/h4,7,9,11-12,25H,5-6,20H2,1-3H3,(H2,21,26)/t9-,12+/m0/s1. The summed E-state index contributed by atoms with van der Waals surface area (Å²) in [5.41, 5.74) is 16.6. The Morgan fingerprint density at radius 1 is 1.31 bits per heavy atom. The molecule has 26 heavy (non-hydrogen) atoms. The summed E-state index contributed by atoms with van der Waals surface area (Å²) in [6, 6.07) is 0. The second-order valence-corrected chi connectivity index (χ2v) is 7.31. The number of aliphatic hydroxyl groups excluding tert-OH is 1. The number of fused-ring (bicyclic) bond motifs is 1. The van der Waals surface area contributed by atoms with Gasteiger partial charge in [0.25, 0.3) is 5.91 Å². The van der Waals surface area contributed by atoms with Crippen LogP contribution in [0.15, 0.2) is 17.7 Å². The van der Waals surface area contributed by atoms with Crippen LogP contribution in [0.25, 0.3) is 16.9 Å². The van der Waals surface area contributed by atoms with Crippen LogP contribution >= 0.6 is 0 Å². The van der Waals surface area contributed by atoms with Crippen LogP contribution in [-0.2, 0) is 0 Å². The summed E-state index contributed by atoms with van der Waals surface area (Å²) in [6.45, 7) is 5.79. The fourth-order valence-corrected chi connectivity index (χ4v) is 3.82.